The molecule has 0 radical (unpaired) electrons. The predicted octanol–water partition coefficient (Wildman–Crippen LogP) is 1.83. The van der Waals surface area contributed by atoms with E-state index in [1.807, 2.05) is 6.92 Å². The Morgan fingerprint density at radius 2 is 1.69 bits per heavy atom. The Morgan fingerprint density at radius 3 is 2.35 bits per heavy atom. The van der Waals surface area contributed by atoms with E-state index in [9.17, 15) is 19.5 Å². The molecule has 1 fully saturated rings. The summed E-state index contributed by atoms with van der Waals surface area (Å²) in [5.74, 6) is -2.64. The molecular weight excluding hydrogens is 336 g/mol. The van der Waals surface area contributed by atoms with Gasteiger partial charge in [0.15, 0.2) is 0 Å². The first-order valence-electron chi connectivity index (χ1n) is 7.99. The minimum atomic E-state index is -1.14. The van der Waals surface area contributed by atoms with Crippen molar-refractivity contribution in [2.45, 2.75) is 13.0 Å². The van der Waals surface area contributed by atoms with Crippen LogP contribution in [0.25, 0.3) is 0 Å². The van der Waals surface area contributed by atoms with Gasteiger partial charge < -0.3 is 9.94 Å². The number of aromatic hydroxyl groups is 1. The molecule has 0 bridgehead atoms. The number of benzene rings is 2. The molecule has 130 valence electrons. The van der Waals surface area contributed by atoms with Crippen molar-refractivity contribution in [1.82, 2.24) is 0 Å². The number of hydrogen-bond donors (Lipinski definition) is 1. The topological polar surface area (TPSA) is 96.3 Å². The molecule has 0 aliphatic carbocycles. The molecule has 2 heterocycles. The molecule has 4 rings (SSSR count). The molecule has 2 aliphatic rings. The lowest BCUT2D eigenvalue weighted by Gasteiger charge is -2.15. The van der Waals surface area contributed by atoms with E-state index in [1.54, 1.807) is 24.3 Å². The monoisotopic (exact) mass is 350 g/mol. The van der Waals surface area contributed by atoms with Crippen LogP contribution in [-0.4, -0.2) is 34.5 Å². The number of ketones is 1. The van der Waals surface area contributed by atoms with Crippen LogP contribution in [0, 0.1) is 12.8 Å². The van der Waals surface area contributed by atoms with Gasteiger partial charge >= 0.3 is 0 Å². The fraction of sp³-hybridized carbons (Fsp3) is 0.158. The molecule has 26 heavy (non-hydrogen) atoms. The van der Waals surface area contributed by atoms with Gasteiger partial charge in [0.2, 0.25) is 17.8 Å². The van der Waals surface area contributed by atoms with Gasteiger partial charge in [0.1, 0.15) is 17.4 Å². The third kappa shape index (κ3) is 2.36. The van der Waals surface area contributed by atoms with E-state index < -0.39 is 29.6 Å². The lowest BCUT2D eigenvalue weighted by atomic mass is 9.93. The number of phenols is 1. The maximum atomic E-state index is 12.8. The second kappa shape index (κ2) is 5.80. The van der Waals surface area contributed by atoms with Crippen LogP contribution in [0.1, 0.15) is 15.9 Å². The quantitative estimate of drug-likeness (QED) is 0.673. The van der Waals surface area contributed by atoms with Gasteiger partial charge in [0.25, 0.3) is 5.91 Å². The first-order valence-corrected chi connectivity index (χ1v) is 7.99. The van der Waals surface area contributed by atoms with E-state index in [-0.39, 0.29) is 11.5 Å². The van der Waals surface area contributed by atoms with Gasteiger partial charge in [-0.1, -0.05) is 35.0 Å². The average Bonchev–Trinajstić information content (AvgIpc) is 3.17. The number of Topliss-reactive ketones (excluding diaryl/α,β-unsaturated/α-hetero) is 1. The molecule has 7 heteroatoms. The number of imide groups is 1. The molecule has 0 unspecified atom stereocenters. The molecule has 0 aromatic heterocycles. The summed E-state index contributed by atoms with van der Waals surface area (Å²) in [7, 11) is 0. The second-order valence-electron chi connectivity index (χ2n) is 6.20. The molecular formula is C19H14N2O5. The maximum Gasteiger partial charge on any atom is 0.278 e. The number of anilines is 1. The van der Waals surface area contributed by atoms with E-state index in [4.69, 9.17) is 4.84 Å². The molecule has 0 saturated carbocycles. The van der Waals surface area contributed by atoms with Crippen LogP contribution < -0.4 is 4.90 Å². The van der Waals surface area contributed by atoms with Crippen LogP contribution in [0.2, 0.25) is 0 Å². The average molecular weight is 350 g/mol. The normalized spacial score (nSPS) is 21.4. The van der Waals surface area contributed by atoms with Crippen molar-refractivity contribution in [3.05, 3.63) is 59.7 Å². The number of aryl methyl sites for hydroxylation is 1. The molecule has 0 spiro atoms. The molecule has 1 N–H and O–H groups in total. The van der Waals surface area contributed by atoms with E-state index in [0.717, 1.165) is 10.5 Å². The number of carbonyl (C=O) groups is 3. The van der Waals surface area contributed by atoms with Crippen LogP contribution in [0.4, 0.5) is 5.69 Å². The van der Waals surface area contributed by atoms with Gasteiger partial charge in [0, 0.05) is 5.56 Å². The summed E-state index contributed by atoms with van der Waals surface area (Å²) in [5, 5.41) is 13.1. The highest BCUT2D eigenvalue weighted by molar-refractivity contribution is 6.52. The Bertz CT molecular complexity index is 947. The molecule has 7 nitrogen and oxygen atoms in total. The van der Waals surface area contributed by atoms with Crippen molar-refractivity contribution in [1.29, 1.82) is 0 Å². The summed E-state index contributed by atoms with van der Waals surface area (Å²) in [6.07, 6.45) is -1.14. The molecule has 2 aromatic carbocycles. The molecule has 2 aliphatic heterocycles. The smallest absolute Gasteiger partial charge is 0.278 e. The van der Waals surface area contributed by atoms with Crippen LogP contribution in [0.15, 0.2) is 53.7 Å². The summed E-state index contributed by atoms with van der Waals surface area (Å²) < 4.78 is 0. The highest BCUT2D eigenvalue weighted by atomic mass is 16.7. The summed E-state index contributed by atoms with van der Waals surface area (Å²) in [4.78, 5) is 44.2. The Hall–Kier alpha value is -3.48. The largest absolute Gasteiger partial charge is 0.508 e. The zero-order valence-electron chi connectivity index (χ0n) is 13.7. The number of carbonyl (C=O) groups excluding carboxylic acids is 3. The Labute approximate surface area is 148 Å². The van der Waals surface area contributed by atoms with E-state index in [0.29, 0.717) is 11.3 Å². The number of phenolic OH excluding ortho intramolecular Hbond substituents is 1. The van der Waals surface area contributed by atoms with Crippen molar-refractivity contribution in [3.8, 4) is 5.75 Å². The maximum absolute atomic E-state index is 12.8. The summed E-state index contributed by atoms with van der Waals surface area (Å²) >= 11 is 0. The van der Waals surface area contributed by atoms with E-state index >= 15 is 0 Å². The zero-order chi connectivity index (χ0) is 18.4. The number of hydrogen-bond acceptors (Lipinski definition) is 6. The number of amides is 2. The van der Waals surface area contributed by atoms with Crippen LogP contribution in [-0.2, 0) is 14.4 Å². The highest BCUT2D eigenvalue weighted by Crippen LogP contribution is 2.34. The van der Waals surface area contributed by atoms with Gasteiger partial charge in [0.05, 0.1) is 5.69 Å². The first kappa shape index (κ1) is 16.0. The van der Waals surface area contributed by atoms with Crippen molar-refractivity contribution >= 4 is 29.0 Å². The molecule has 2 amide bonds. The highest BCUT2D eigenvalue weighted by Gasteiger charge is 2.57. The third-order valence-electron chi connectivity index (χ3n) is 4.47. The molecule has 2 aromatic rings. The van der Waals surface area contributed by atoms with Gasteiger partial charge in [-0.2, -0.15) is 0 Å². The van der Waals surface area contributed by atoms with Crippen molar-refractivity contribution < 1.29 is 24.3 Å². The minimum absolute atomic E-state index is 0.0149. The standard InChI is InChI=1S/C19H14N2O5/c1-10-2-4-11(5-3-10)16(23)15-14-17(26-20-15)19(25)21(18(14)24)12-6-8-13(22)9-7-12/h2-9,14,17,22H,1H3/t14-,17+/m0/s1. The number of rotatable bonds is 3. The van der Waals surface area contributed by atoms with Gasteiger partial charge in [-0.3, -0.25) is 14.4 Å². The number of fused-ring (bicyclic) bond motifs is 1. The summed E-state index contributed by atoms with van der Waals surface area (Å²) in [6, 6.07) is 12.5. The van der Waals surface area contributed by atoms with Gasteiger partial charge in [-0.05, 0) is 31.2 Å². The van der Waals surface area contributed by atoms with Crippen LogP contribution >= 0.6 is 0 Å². The van der Waals surface area contributed by atoms with Gasteiger partial charge in [-0.15, -0.1) is 0 Å². The minimum Gasteiger partial charge on any atom is -0.508 e. The molecule has 1 saturated heterocycles. The van der Waals surface area contributed by atoms with Crippen molar-refractivity contribution in [3.63, 3.8) is 0 Å². The SMILES string of the molecule is Cc1ccc(C(=O)C2=NO[C@H]3C(=O)N(c4ccc(O)cc4)C(=O)[C@@H]23)cc1. The third-order valence-corrected chi connectivity index (χ3v) is 4.47. The molecule has 2 atom stereocenters. The zero-order valence-corrected chi connectivity index (χ0v) is 13.7. The Morgan fingerprint density at radius 1 is 1.04 bits per heavy atom. The van der Waals surface area contributed by atoms with E-state index in [1.165, 1.54) is 24.3 Å². The fourth-order valence-electron chi connectivity index (χ4n) is 3.08. The first-order chi connectivity index (χ1) is 12.5. The number of oxime groups is 1. The van der Waals surface area contributed by atoms with Gasteiger partial charge in [-0.25, -0.2) is 4.90 Å². The second-order valence-corrected chi connectivity index (χ2v) is 6.20. The lowest BCUT2D eigenvalue weighted by Crippen LogP contribution is -2.34. The van der Waals surface area contributed by atoms with Crippen LogP contribution in [0.3, 0.4) is 0 Å². The number of nitrogens with zero attached hydrogens (tertiary/aromatic N) is 2. The fourth-order valence-corrected chi connectivity index (χ4v) is 3.08. The Balaban J connectivity index is 1.65. The predicted molar refractivity (Wildman–Crippen MR) is 91.9 cm³/mol. The van der Waals surface area contributed by atoms with Crippen molar-refractivity contribution in [2.75, 3.05) is 4.90 Å². The summed E-state index contributed by atoms with van der Waals surface area (Å²) in [5.41, 5.74) is 1.60. The van der Waals surface area contributed by atoms with E-state index in [2.05, 4.69) is 5.16 Å². The van der Waals surface area contributed by atoms with Crippen molar-refractivity contribution in [2.24, 2.45) is 11.1 Å². The Kier molecular flexibility index (Phi) is 3.57. The lowest BCUT2D eigenvalue weighted by molar-refractivity contribution is -0.126. The summed E-state index contributed by atoms with van der Waals surface area (Å²) in [6.45, 7) is 1.90. The van der Waals surface area contributed by atoms with Crippen LogP contribution in [0.5, 0.6) is 5.75 Å².